The summed E-state index contributed by atoms with van der Waals surface area (Å²) in [4.78, 5) is 8.18. The summed E-state index contributed by atoms with van der Waals surface area (Å²) in [5.74, 6) is 1.46. The van der Waals surface area contributed by atoms with E-state index >= 15 is 0 Å². The molecule has 3 nitrogen and oxygen atoms in total. The molecular weight excluding hydrogens is 338 g/mol. The topological polar surface area (TPSA) is 40.7 Å². The summed E-state index contributed by atoms with van der Waals surface area (Å²) < 4.78 is 1.11. The van der Waals surface area contributed by atoms with E-state index in [1.807, 2.05) is 18.2 Å². The van der Waals surface area contributed by atoms with Crippen molar-refractivity contribution in [1.82, 2.24) is 15.3 Å². The maximum atomic E-state index is 4.74. The minimum atomic E-state index is 0.205. The summed E-state index contributed by atoms with van der Waals surface area (Å²) in [6, 6.07) is 16.8. The second kappa shape index (κ2) is 6.63. The number of benzene rings is 2. The first-order chi connectivity index (χ1) is 10.6. The van der Waals surface area contributed by atoms with Crippen molar-refractivity contribution in [3.8, 4) is 0 Å². The first kappa shape index (κ1) is 15.3. The first-order valence-corrected chi connectivity index (χ1v) is 8.35. The largest absolute Gasteiger partial charge is 0.341 e. The fourth-order valence-corrected chi connectivity index (χ4v) is 2.86. The number of nitrogens with zero attached hydrogens (tertiary/aromatic N) is 1. The van der Waals surface area contributed by atoms with Crippen LogP contribution < -0.4 is 5.32 Å². The second-order valence-electron chi connectivity index (χ2n) is 5.87. The molecule has 0 aliphatic rings. The van der Waals surface area contributed by atoms with Crippen molar-refractivity contribution < 1.29 is 0 Å². The van der Waals surface area contributed by atoms with Crippen LogP contribution in [-0.4, -0.2) is 9.97 Å². The molecule has 2 aromatic carbocycles. The Morgan fingerprint density at radius 3 is 2.50 bits per heavy atom. The van der Waals surface area contributed by atoms with E-state index in [1.54, 1.807) is 0 Å². The number of imidazole rings is 1. The van der Waals surface area contributed by atoms with E-state index in [9.17, 15) is 0 Å². The van der Waals surface area contributed by atoms with Crippen molar-refractivity contribution >= 4 is 27.0 Å². The van der Waals surface area contributed by atoms with Gasteiger partial charge in [-0.15, -0.1) is 0 Å². The molecule has 22 heavy (non-hydrogen) atoms. The minimum Gasteiger partial charge on any atom is -0.341 e. The molecule has 0 spiro atoms. The fraction of sp³-hybridized carbons (Fsp3) is 0.278. The lowest BCUT2D eigenvalue weighted by Crippen LogP contribution is -2.26. The summed E-state index contributed by atoms with van der Waals surface area (Å²) in [6.07, 6.45) is 0. The highest BCUT2D eigenvalue weighted by Crippen LogP contribution is 2.22. The van der Waals surface area contributed by atoms with Crippen LogP contribution in [-0.2, 0) is 6.54 Å². The highest BCUT2D eigenvalue weighted by Gasteiger charge is 2.19. The molecule has 0 amide bonds. The van der Waals surface area contributed by atoms with Gasteiger partial charge in [-0.05, 0) is 35.7 Å². The van der Waals surface area contributed by atoms with Crippen LogP contribution in [0.3, 0.4) is 0 Å². The van der Waals surface area contributed by atoms with E-state index in [0.29, 0.717) is 5.92 Å². The lowest BCUT2D eigenvalue weighted by molar-refractivity contribution is 0.396. The van der Waals surface area contributed by atoms with Gasteiger partial charge in [0.1, 0.15) is 5.82 Å². The highest BCUT2D eigenvalue weighted by molar-refractivity contribution is 9.10. The van der Waals surface area contributed by atoms with Gasteiger partial charge in [0, 0.05) is 11.0 Å². The molecule has 3 aromatic rings. The number of fused-ring (bicyclic) bond motifs is 1. The summed E-state index contributed by atoms with van der Waals surface area (Å²) >= 11 is 3.47. The molecule has 1 aromatic heterocycles. The molecule has 2 N–H and O–H groups in total. The molecule has 1 atom stereocenters. The van der Waals surface area contributed by atoms with Crippen LogP contribution in [0.1, 0.15) is 31.3 Å². The van der Waals surface area contributed by atoms with Crippen molar-refractivity contribution in [2.24, 2.45) is 5.92 Å². The molecule has 4 heteroatoms. The number of hydrogen-bond donors (Lipinski definition) is 2. The van der Waals surface area contributed by atoms with Gasteiger partial charge >= 0.3 is 0 Å². The van der Waals surface area contributed by atoms with Crippen LogP contribution in [0.2, 0.25) is 0 Å². The summed E-state index contributed by atoms with van der Waals surface area (Å²) in [7, 11) is 0. The van der Waals surface area contributed by atoms with Gasteiger partial charge in [-0.25, -0.2) is 4.98 Å². The Kier molecular flexibility index (Phi) is 4.60. The average molecular weight is 358 g/mol. The Morgan fingerprint density at radius 1 is 1.09 bits per heavy atom. The van der Waals surface area contributed by atoms with Crippen molar-refractivity contribution in [1.29, 1.82) is 0 Å². The van der Waals surface area contributed by atoms with Gasteiger partial charge < -0.3 is 10.3 Å². The Morgan fingerprint density at radius 2 is 1.82 bits per heavy atom. The van der Waals surface area contributed by atoms with Crippen LogP contribution >= 0.6 is 15.9 Å². The summed E-state index contributed by atoms with van der Waals surface area (Å²) in [5, 5.41) is 3.62. The van der Waals surface area contributed by atoms with Crippen molar-refractivity contribution in [3.63, 3.8) is 0 Å². The van der Waals surface area contributed by atoms with Crippen molar-refractivity contribution in [3.05, 3.63) is 64.4 Å². The van der Waals surface area contributed by atoms with Crippen LogP contribution in [0, 0.1) is 5.92 Å². The van der Waals surface area contributed by atoms with Gasteiger partial charge in [0.25, 0.3) is 0 Å². The molecule has 0 bridgehead atoms. The van der Waals surface area contributed by atoms with Crippen molar-refractivity contribution in [2.45, 2.75) is 26.4 Å². The Labute approximate surface area is 139 Å². The van der Waals surface area contributed by atoms with Crippen LogP contribution in [0.5, 0.6) is 0 Å². The fourth-order valence-electron chi connectivity index (χ4n) is 2.60. The number of H-pyrrole nitrogens is 1. The van der Waals surface area contributed by atoms with Gasteiger partial charge in [0.2, 0.25) is 0 Å². The van der Waals surface area contributed by atoms with Gasteiger partial charge in [0.15, 0.2) is 0 Å². The maximum Gasteiger partial charge on any atom is 0.124 e. The zero-order valence-electron chi connectivity index (χ0n) is 12.8. The molecule has 1 unspecified atom stereocenters. The number of hydrogen-bond acceptors (Lipinski definition) is 2. The minimum absolute atomic E-state index is 0.205. The summed E-state index contributed by atoms with van der Waals surface area (Å²) in [5.41, 5.74) is 3.38. The van der Waals surface area contributed by atoms with E-state index in [-0.39, 0.29) is 6.04 Å². The highest BCUT2D eigenvalue weighted by atomic mass is 79.9. The van der Waals surface area contributed by atoms with Gasteiger partial charge in [-0.3, -0.25) is 0 Å². The number of aromatic amines is 1. The lowest BCUT2D eigenvalue weighted by Gasteiger charge is -2.20. The van der Waals surface area contributed by atoms with E-state index in [4.69, 9.17) is 4.98 Å². The third kappa shape index (κ3) is 3.39. The van der Waals surface area contributed by atoms with Crippen LogP contribution in [0.15, 0.2) is 53.0 Å². The molecule has 0 fully saturated rings. The molecule has 0 saturated heterocycles. The third-order valence-electron chi connectivity index (χ3n) is 3.81. The predicted molar refractivity (Wildman–Crippen MR) is 94.7 cm³/mol. The van der Waals surface area contributed by atoms with Crippen LogP contribution in [0.25, 0.3) is 11.0 Å². The Hall–Kier alpha value is -1.65. The maximum absolute atomic E-state index is 4.74. The molecule has 0 aliphatic carbocycles. The normalized spacial score (nSPS) is 12.9. The standard InChI is InChI=1S/C18H20BrN3/c1-12(2)17(20-11-13-7-9-14(19)10-8-13)18-21-15-5-3-4-6-16(15)22-18/h3-10,12,17,20H,11H2,1-2H3,(H,21,22). The number of aromatic nitrogens is 2. The van der Waals surface area contributed by atoms with Gasteiger partial charge in [-0.2, -0.15) is 0 Å². The molecule has 3 rings (SSSR count). The molecule has 0 radical (unpaired) electrons. The van der Waals surface area contributed by atoms with E-state index in [0.717, 1.165) is 27.9 Å². The molecule has 0 aliphatic heterocycles. The average Bonchev–Trinajstić information content (AvgIpc) is 2.92. The van der Waals surface area contributed by atoms with Gasteiger partial charge in [0.05, 0.1) is 17.1 Å². The monoisotopic (exact) mass is 357 g/mol. The smallest absolute Gasteiger partial charge is 0.124 e. The number of halogens is 1. The Bertz CT molecular complexity index is 713. The predicted octanol–water partition coefficient (Wildman–Crippen LogP) is 4.81. The second-order valence-corrected chi connectivity index (χ2v) is 6.78. The quantitative estimate of drug-likeness (QED) is 0.687. The number of para-hydroxylation sites is 2. The van der Waals surface area contributed by atoms with E-state index in [2.05, 4.69) is 70.4 Å². The lowest BCUT2D eigenvalue weighted by atomic mass is 10.0. The van der Waals surface area contributed by atoms with E-state index in [1.165, 1.54) is 5.56 Å². The molecular formula is C18H20BrN3. The van der Waals surface area contributed by atoms with Gasteiger partial charge in [-0.1, -0.05) is 54.0 Å². The SMILES string of the molecule is CC(C)C(NCc1ccc(Br)cc1)c1nc2ccccc2[nH]1. The number of rotatable bonds is 5. The zero-order chi connectivity index (χ0) is 15.5. The molecule has 114 valence electrons. The summed E-state index contributed by atoms with van der Waals surface area (Å²) in [6.45, 7) is 5.26. The number of nitrogens with one attached hydrogen (secondary N) is 2. The zero-order valence-corrected chi connectivity index (χ0v) is 14.4. The van der Waals surface area contributed by atoms with E-state index < -0.39 is 0 Å². The molecule has 1 heterocycles. The van der Waals surface area contributed by atoms with Crippen molar-refractivity contribution in [2.75, 3.05) is 0 Å². The first-order valence-electron chi connectivity index (χ1n) is 7.56. The Balaban J connectivity index is 1.78. The molecule has 0 saturated carbocycles. The van der Waals surface area contributed by atoms with Crippen LogP contribution in [0.4, 0.5) is 0 Å². The third-order valence-corrected chi connectivity index (χ3v) is 4.34.